The van der Waals surface area contributed by atoms with Crippen molar-refractivity contribution in [2.24, 2.45) is 11.7 Å². The average molecular weight is 241 g/mol. The summed E-state index contributed by atoms with van der Waals surface area (Å²) in [6, 6.07) is 0.526. The van der Waals surface area contributed by atoms with E-state index in [4.69, 9.17) is 5.73 Å². The van der Waals surface area contributed by atoms with Gasteiger partial charge in [0, 0.05) is 19.1 Å². The van der Waals surface area contributed by atoms with Gasteiger partial charge in [-0.05, 0) is 38.8 Å². The second kappa shape index (κ2) is 6.97. The molecular formula is C13H27N3O. The van der Waals surface area contributed by atoms with Crippen molar-refractivity contribution in [1.29, 1.82) is 0 Å². The second-order valence-corrected chi connectivity index (χ2v) is 5.08. The predicted octanol–water partition coefficient (Wildman–Crippen LogP) is 0.914. The molecular weight excluding hydrogens is 214 g/mol. The molecule has 0 spiro atoms. The van der Waals surface area contributed by atoms with Crippen LogP contribution in [0.3, 0.4) is 0 Å². The van der Waals surface area contributed by atoms with Crippen molar-refractivity contribution in [3.63, 3.8) is 0 Å². The van der Waals surface area contributed by atoms with Gasteiger partial charge in [0.25, 0.3) is 0 Å². The first kappa shape index (κ1) is 14.5. The van der Waals surface area contributed by atoms with Gasteiger partial charge in [0.15, 0.2) is 0 Å². The van der Waals surface area contributed by atoms with Gasteiger partial charge in [-0.2, -0.15) is 0 Å². The molecule has 0 aromatic rings. The lowest BCUT2D eigenvalue weighted by Gasteiger charge is -2.27. The Labute approximate surface area is 105 Å². The highest BCUT2D eigenvalue weighted by Gasteiger charge is 2.31. The van der Waals surface area contributed by atoms with Gasteiger partial charge in [-0.15, -0.1) is 0 Å². The first-order valence-electron chi connectivity index (χ1n) is 6.84. The monoisotopic (exact) mass is 241 g/mol. The van der Waals surface area contributed by atoms with Crippen molar-refractivity contribution in [1.82, 2.24) is 9.80 Å². The number of rotatable bonds is 8. The van der Waals surface area contributed by atoms with Crippen LogP contribution in [0.1, 0.15) is 33.6 Å². The Morgan fingerprint density at radius 3 is 2.41 bits per heavy atom. The summed E-state index contributed by atoms with van der Waals surface area (Å²) < 4.78 is 0. The summed E-state index contributed by atoms with van der Waals surface area (Å²) in [7, 11) is 0. The SMILES string of the molecule is CCN(CC(=O)N(CC)C1CC1)CC(C)CN. The molecule has 0 aromatic heterocycles. The molecule has 0 aromatic carbocycles. The molecule has 4 heteroatoms. The molecule has 0 aliphatic heterocycles. The van der Waals surface area contributed by atoms with Crippen molar-refractivity contribution in [3.05, 3.63) is 0 Å². The Morgan fingerprint density at radius 2 is 2.00 bits per heavy atom. The van der Waals surface area contributed by atoms with Crippen LogP contribution in [0.5, 0.6) is 0 Å². The van der Waals surface area contributed by atoms with Gasteiger partial charge in [-0.1, -0.05) is 13.8 Å². The van der Waals surface area contributed by atoms with Gasteiger partial charge >= 0.3 is 0 Å². The van der Waals surface area contributed by atoms with Crippen LogP contribution in [0.25, 0.3) is 0 Å². The Bertz CT molecular complexity index is 241. The highest BCUT2D eigenvalue weighted by Crippen LogP contribution is 2.26. The van der Waals surface area contributed by atoms with Crippen LogP contribution < -0.4 is 5.73 Å². The van der Waals surface area contributed by atoms with Crippen LogP contribution in [0.15, 0.2) is 0 Å². The van der Waals surface area contributed by atoms with Crippen molar-refractivity contribution in [2.75, 3.05) is 32.7 Å². The van der Waals surface area contributed by atoms with E-state index in [1.54, 1.807) is 0 Å². The lowest BCUT2D eigenvalue weighted by Crippen LogP contribution is -2.43. The molecule has 1 saturated carbocycles. The van der Waals surface area contributed by atoms with Crippen molar-refractivity contribution in [3.8, 4) is 0 Å². The number of hydrogen-bond donors (Lipinski definition) is 1. The summed E-state index contributed by atoms with van der Waals surface area (Å²) in [6.07, 6.45) is 2.37. The van der Waals surface area contributed by atoms with E-state index >= 15 is 0 Å². The third-order valence-corrected chi connectivity index (χ3v) is 3.43. The summed E-state index contributed by atoms with van der Waals surface area (Å²) in [5, 5.41) is 0. The van der Waals surface area contributed by atoms with Crippen LogP contribution in [0.4, 0.5) is 0 Å². The van der Waals surface area contributed by atoms with Crippen LogP contribution in [0, 0.1) is 5.92 Å². The fourth-order valence-electron chi connectivity index (χ4n) is 2.13. The molecule has 1 fully saturated rings. The lowest BCUT2D eigenvalue weighted by molar-refractivity contribution is -0.132. The maximum absolute atomic E-state index is 12.1. The number of carbonyl (C=O) groups excluding carboxylic acids is 1. The summed E-state index contributed by atoms with van der Waals surface area (Å²) in [5.74, 6) is 0.736. The van der Waals surface area contributed by atoms with Crippen molar-refractivity contribution >= 4 is 5.91 Å². The summed E-state index contributed by atoms with van der Waals surface area (Å²) in [6.45, 7) is 10.2. The van der Waals surface area contributed by atoms with Gasteiger partial charge in [0.1, 0.15) is 0 Å². The first-order chi connectivity index (χ1) is 8.12. The standard InChI is InChI=1S/C13H27N3O/c1-4-15(9-11(3)8-14)10-13(17)16(5-2)12-6-7-12/h11-12H,4-10,14H2,1-3H3. The van der Waals surface area contributed by atoms with E-state index in [2.05, 4.69) is 25.7 Å². The molecule has 0 bridgehead atoms. The number of carbonyl (C=O) groups is 1. The molecule has 17 heavy (non-hydrogen) atoms. The molecule has 1 rings (SSSR count). The maximum atomic E-state index is 12.1. The minimum Gasteiger partial charge on any atom is -0.339 e. The number of nitrogens with two attached hydrogens (primary N) is 1. The predicted molar refractivity (Wildman–Crippen MR) is 70.7 cm³/mol. The molecule has 1 amide bonds. The number of hydrogen-bond acceptors (Lipinski definition) is 3. The van der Waals surface area contributed by atoms with E-state index in [9.17, 15) is 4.79 Å². The molecule has 1 atom stereocenters. The zero-order chi connectivity index (χ0) is 12.8. The molecule has 1 aliphatic carbocycles. The minimum absolute atomic E-state index is 0.279. The fourth-order valence-corrected chi connectivity index (χ4v) is 2.13. The van der Waals surface area contributed by atoms with Gasteiger partial charge in [-0.3, -0.25) is 9.69 Å². The molecule has 0 saturated heterocycles. The zero-order valence-electron chi connectivity index (χ0n) is 11.5. The smallest absolute Gasteiger partial charge is 0.236 e. The highest BCUT2D eigenvalue weighted by atomic mass is 16.2. The van der Waals surface area contributed by atoms with Gasteiger partial charge in [0.05, 0.1) is 6.54 Å². The van der Waals surface area contributed by atoms with E-state index in [1.807, 2.05) is 4.90 Å². The van der Waals surface area contributed by atoms with Crippen molar-refractivity contribution < 1.29 is 4.79 Å². The largest absolute Gasteiger partial charge is 0.339 e. The quantitative estimate of drug-likeness (QED) is 0.687. The van der Waals surface area contributed by atoms with Gasteiger partial charge < -0.3 is 10.6 Å². The average Bonchev–Trinajstić information content (AvgIpc) is 3.13. The van der Waals surface area contributed by atoms with E-state index in [0.29, 0.717) is 25.0 Å². The third-order valence-electron chi connectivity index (χ3n) is 3.43. The second-order valence-electron chi connectivity index (χ2n) is 5.08. The van der Waals surface area contributed by atoms with Crippen LogP contribution in [0.2, 0.25) is 0 Å². The molecule has 100 valence electrons. The fraction of sp³-hybridized carbons (Fsp3) is 0.923. The van der Waals surface area contributed by atoms with Crippen molar-refractivity contribution in [2.45, 2.75) is 39.7 Å². The normalized spacial score (nSPS) is 17.2. The number of likely N-dealkylation sites (N-methyl/N-ethyl adjacent to an activating group) is 2. The first-order valence-corrected chi connectivity index (χ1v) is 6.84. The number of nitrogens with zero attached hydrogens (tertiary/aromatic N) is 2. The van der Waals surface area contributed by atoms with E-state index in [1.165, 1.54) is 12.8 Å². The topological polar surface area (TPSA) is 49.6 Å². The molecule has 1 unspecified atom stereocenters. The Kier molecular flexibility index (Phi) is 5.92. The number of amides is 1. The minimum atomic E-state index is 0.279. The molecule has 2 N–H and O–H groups in total. The van der Waals surface area contributed by atoms with Crippen LogP contribution in [-0.2, 0) is 4.79 Å². The molecule has 4 nitrogen and oxygen atoms in total. The Balaban J connectivity index is 2.40. The van der Waals surface area contributed by atoms with Gasteiger partial charge in [0.2, 0.25) is 5.91 Å². The van der Waals surface area contributed by atoms with E-state index in [0.717, 1.165) is 19.6 Å². The summed E-state index contributed by atoms with van der Waals surface area (Å²) >= 11 is 0. The molecule has 1 aliphatic rings. The van der Waals surface area contributed by atoms with Crippen LogP contribution >= 0.6 is 0 Å². The zero-order valence-corrected chi connectivity index (χ0v) is 11.5. The summed E-state index contributed by atoms with van der Waals surface area (Å²) in [5.41, 5.74) is 5.63. The Hall–Kier alpha value is -0.610. The van der Waals surface area contributed by atoms with Crippen LogP contribution in [-0.4, -0.2) is 54.5 Å². The lowest BCUT2D eigenvalue weighted by atomic mass is 10.1. The van der Waals surface area contributed by atoms with E-state index < -0.39 is 0 Å². The van der Waals surface area contributed by atoms with Gasteiger partial charge in [-0.25, -0.2) is 0 Å². The molecule has 0 heterocycles. The summed E-state index contributed by atoms with van der Waals surface area (Å²) in [4.78, 5) is 16.4. The third kappa shape index (κ3) is 4.64. The Morgan fingerprint density at radius 1 is 1.35 bits per heavy atom. The maximum Gasteiger partial charge on any atom is 0.236 e. The van der Waals surface area contributed by atoms with E-state index in [-0.39, 0.29) is 5.91 Å². The highest BCUT2D eigenvalue weighted by molar-refractivity contribution is 5.78. The molecule has 0 radical (unpaired) electrons.